The quantitative estimate of drug-likeness (QED) is 0.682. The summed E-state index contributed by atoms with van der Waals surface area (Å²) in [5.41, 5.74) is 0. The first-order chi connectivity index (χ1) is 4.83. The van der Waals surface area contributed by atoms with E-state index in [1.54, 1.807) is 0 Å². The van der Waals surface area contributed by atoms with Crippen LogP contribution in [0.15, 0.2) is 0 Å². The second-order valence-corrected chi connectivity index (χ2v) is 2.71. The summed E-state index contributed by atoms with van der Waals surface area (Å²) in [6.07, 6.45) is 8.18. The van der Waals surface area contributed by atoms with Crippen molar-refractivity contribution >= 4 is 25.8 Å². The van der Waals surface area contributed by atoms with Crippen molar-refractivity contribution in [2.75, 3.05) is 0 Å². The van der Waals surface area contributed by atoms with Gasteiger partial charge in [0, 0.05) is 0 Å². The molecule has 0 radical (unpaired) electrons. The summed E-state index contributed by atoms with van der Waals surface area (Å²) >= 11 is 0. The van der Waals surface area contributed by atoms with Gasteiger partial charge in [0.15, 0.2) is 0 Å². The topological polar surface area (TPSA) is 0 Å². The van der Waals surface area contributed by atoms with Gasteiger partial charge in [-0.05, 0) is 0 Å². The van der Waals surface area contributed by atoms with Crippen LogP contribution in [0.5, 0.6) is 0 Å². The molecule has 0 saturated heterocycles. The van der Waals surface area contributed by atoms with E-state index in [-0.39, 0.29) is 25.8 Å². The summed E-state index contributed by atoms with van der Waals surface area (Å²) in [4.78, 5) is 0. The fourth-order valence-corrected chi connectivity index (χ4v) is 0.500. The van der Waals surface area contributed by atoms with Gasteiger partial charge in [0.1, 0.15) is 0 Å². The van der Waals surface area contributed by atoms with Gasteiger partial charge in [-0.2, -0.15) is 0 Å². The second kappa shape index (κ2) is 22.4. The summed E-state index contributed by atoms with van der Waals surface area (Å²) in [7, 11) is 0. The third-order valence-electron chi connectivity index (χ3n) is 1.46. The van der Waals surface area contributed by atoms with Gasteiger partial charge in [0.2, 0.25) is 0 Å². The van der Waals surface area contributed by atoms with Crippen LogP contribution in [-0.2, 0) is 0 Å². The normalized spacial score (nSPS) is 7.64. The Bertz CT molecular complexity index is 29.9. The van der Waals surface area contributed by atoms with Crippen molar-refractivity contribution in [3.8, 4) is 0 Å². The molecule has 0 atom stereocenters. The number of hydrogen-bond acceptors (Lipinski definition) is 0. The van der Waals surface area contributed by atoms with Crippen LogP contribution in [-0.4, -0.2) is 25.8 Å². The number of rotatable bonds is 4. The summed E-state index contributed by atoms with van der Waals surface area (Å²) in [6.45, 7) is 8.82. The third kappa shape index (κ3) is 36.1. The van der Waals surface area contributed by atoms with Crippen LogP contribution in [0, 0.1) is 0 Å². The Morgan fingerprint density at radius 1 is 0.545 bits per heavy atom. The molecule has 0 aliphatic heterocycles. The molecular weight excluding hydrogens is 235 g/mol. The standard InChI is InChI=1S/C6H14.C4H10.In.3H/c1-3-5-6-4-2;1-3-4-2;;;;/h3-6H2,1-2H3;3-4H2,1-2H3;;;;. The fraction of sp³-hybridized carbons (Fsp3) is 1.00. The summed E-state index contributed by atoms with van der Waals surface area (Å²) in [5, 5.41) is 0. The van der Waals surface area contributed by atoms with Gasteiger partial charge in [-0.15, -0.1) is 0 Å². The molecule has 0 fully saturated rings. The third-order valence-corrected chi connectivity index (χ3v) is 1.46. The molecule has 0 heterocycles. The van der Waals surface area contributed by atoms with E-state index in [0.29, 0.717) is 0 Å². The van der Waals surface area contributed by atoms with Crippen LogP contribution in [0.3, 0.4) is 0 Å². The van der Waals surface area contributed by atoms with Crippen LogP contribution in [0.4, 0.5) is 0 Å². The average molecular weight is 262 g/mol. The number of unbranched alkanes of at least 4 members (excludes halogenated alkanes) is 4. The van der Waals surface area contributed by atoms with E-state index in [2.05, 4.69) is 27.7 Å². The Kier molecular flexibility index (Phi) is 36.4. The molecule has 0 N–H and O–H groups in total. The summed E-state index contributed by atoms with van der Waals surface area (Å²) in [6, 6.07) is 0. The van der Waals surface area contributed by atoms with Crippen molar-refractivity contribution in [2.45, 2.75) is 66.2 Å². The Hall–Kier alpha value is 0.870. The summed E-state index contributed by atoms with van der Waals surface area (Å²) < 4.78 is 0. The predicted octanol–water partition coefficient (Wildman–Crippen LogP) is 3.21. The van der Waals surface area contributed by atoms with Crippen molar-refractivity contribution < 1.29 is 0 Å². The van der Waals surface area contributed by atoms with Crippen LogP contribution in [0.25, 0.3) is 0 Å². The predicted molar refractivity (Wildman–Crippen MR) is 60.3 cm³/mol. The zero-order chi connectivity index (χ0) is 8.24. The molecule has 0 unspecified atom stereocenters. The van der Waals surface area contributed by atoms with E-state index in [4.69, 9.17) is 0 Å². The van der Waals surface area contributed by atoms with Crippen molar-refractivity contribution in [3.05, 3.63) is 0 Å². The molecule has 0 aliphatic rings. The molecule has 0 rings (SSSR count). The van der Waals surface area contributed by atoms with E-state index in [1.165, 1.54) is 38.5 Å². The Balaban J connectivity index is -0.000000114. The minimum atomic E-state index is 0. The zero-order valence-electron chi connectivity index (χ0n) is 8.24. The van der Waals surface area contributed by atoms with Gasteiger partial charge < -0.3 is 0 Å². The fourth-order valence-electron chi connectivity index (χ4n) is 0.500. The zero-order valence-corrected chi connectivity index (χ0v) is 8.24. The first kappa shape index (κ1) is 17.8. The molecule has 0 bridgehead atoms. The molecule has 0 aromatic carbocycles. The van der Waals surface area contributed by atoms with Gasteiger partial charge in [0.05, 0.1) is 0 Å². The van der Waals surface area contributed by atoms with Crippen molar-refractivity contribution in [1.82, 2.24) is 0 Å². The van der Waals surface area contributed by atoms with Crippen LogP contribution < -0.4 is 0 Å². The van der Waals surface area contributed by atoms with Gasteiger partial charge in [-0.25, -0.2) is 0 Å². The molecule has 0 amide bonds. The molecule has 0 aromatic heterocycles. The molecular formula is C10H27In. The van der Waals surface area contributed by atoms with E-state index < -0.39 is 0 Å². The Morgan fingerprint density at radius 2 is 0.818 bits per heavy atom. The van der Waals surface area contributed by atoms with Crippen LogP contribution in [0.2, 0.25) is 0 Å². The first-order valence-corrected chi connectivity index (χ1v) is 4.83. The van der Waals surface area contributed by atoms with Gasteiger partial charge in [0.25, 0.3) is 0 Å². The van der Waals surface area contributed by atoms with Crippen LogP contribution >= 0.6 is 0 Å². The van der Waals surface area contributed by atoms with E-state index in [0.717, 1.165) is 0 Å². The molecule has 0 saturated carbocycles. The van der Waals surface area contributed by atoms with Gasteiger partial charge >= 0.3 is 25.8 Å². The van der Waals surface area contributed by atoms with Gasteiger partial charge in [-0.1, -0.05) is 66.2 Å². The Morgan fingerprint density at radius 3 is 0.909 bits per heavy atom. The van der Waals surface area contributed by atoms with Crippen molar-refractivity contribution in [2.24, 2.45) is 0 Å². The second-order valence-electron chi connectivity index (χ2n) is 2.71. The van der Waals surface area contributed by atoms with E-state index in [9.17, 15) is 0 Å². The van der Waals surface area contributed by atoms with Crippen LogP contribution in [0.1, 0.15) is 66.2 Å². The molecule has 70 valence electrons. The first-order valence-electron chi connectivity index (χ1n) is 4.83. The van der Waals surface area contributed by atoms with E-state index >= 15 is 0 Å². The number of hydrogen-bond donors (Lipinski definition) is 0. The van der Waals surface area contributed by atoms with Crippen molar-refractivity contribution in [1.29, 1.82) is 0 Å². The maximum absolute atomic E-state index is 2.23. The molecule has 0 spiro atoms. The van der Waals surface area contributed by atoms with Gasteiger partial charge in [-0.3, -0.25) is 0 Å². The summed E-state index contributed by atoms with van der Waals surface area (Å²) in [5.74, 6) is 0. The maximum atomic E-state index is 2.23. The molecule has 0 aliphatic carbocycles. The molecule has 11 heavy (non-hydrogen) atoms. The minimum absolute atomic E-state index is 0. The Labute approximate surface area is 91.9 Å². The molecule has 0 aromatic rings. The van der Waals surface area contributed by atoms with E-state index in [1.807, 2.05) is 0 Å². The average Bonchev–Trinajstić information content (AvgIpc) is 2.01. The van der Waals surface area contributed by atoms with Crippen molar-refractivity contribution in [3.63, 3.8) is 0 Å². The molecule has 0 nitrogen and oxygen atoms in total. The monoisotopic (exact) mass is 262 g/mol. The molecule has 1 heteroatoms. The SMILES string of the molecule is CCCC.CCCCCC.[InH3].